The van der Waals surface area contributed by atoms with E-state index >= 15 is 0 Å². The zero-order chi connectivity index (χ0) is 13.3. The molecule has 94 valence electrons. The first-order valence-corrected chi connectivity index (χ1v) is 5.23. The predicted octanol–water partition coefficient (Wildman–Crippen LogP) is 2.53. The molecular weight excluding hydrogens is 241 g/mol. The number of rotatable bonds is 3. The third-order valence-electron chi connectivity index (χ3n) is 2.58. The predicted molar refractivity (Wildman–Crippen MR) is 62.3 cm³/mol. The maximum Gasteiger partial charge on any atom is 0.279 e. The molecule has 2 N–H and O–H groups in total. The molecule has 0 bridgehead atoms. The molecule has 0 saturated carbocycles. The highest BCUT2D eigenvalue weighted by atomic mass is 19.1. The number of benzene rings is 1. The maximum absolute atomic E-state index is 13.2. The van der Waals surface area contributed by atoms with Gasteiger partial charge in [0.15, 0.2) is 0 Å². The van der Waals surface area contributed by atoms with Crippen molar-refractivity contribution in [3.8, 4) is 11.3 Å². The van der Waals surface area contributed by atoms with Crippen LogP contribution in [-0.4, -0.2) is 10.1 Å². The van der Waals surface area contributed by atoms with Gasteiger partial charge in [-0.25, -0.2) is 4.39 Å². The molecule has 6 nitrogen and oxygen atoms in total. The number of hydrogen-bond acceptors (Lipinski definition) is 5. The first kappa shape index (κ1) is 12.0. The molecule has 18 heavy (non-hydrogen) atoms. The molecule has 0 radical (unpaired) electrons. The Hall–Kier alpha value is -2.44. The molecule has 1 aromatic carbocycles. The van der Waals surface area contributed by atoms with Crippen LogP contribution in [0.5, 0.6) is 0 Å². The Balaban J connectivity index is 2.69. The summed E-state index contributed by atoms with van der Waals surface area (Å²) >= 11 is 0. The summed E-state index contributed by atoms with van der Waals surface area (Å²) in [6, 6.07) is 3.17. The summed E-state index contributed by atoms with van der Waals surface area (Å²) in [5, 5.41) is 14.6. The summed E-state index contributed by atoms with van der Waals surface area (Å²) in [7, 11) is 0. The van der Waals surface area contributed by atoms with Gasteiger partial charge in [0.25, 0.3) is 5.69 Å². The number of nitro groups is 1. The second-order valence-electron chi connectivity index (χ2n) is 3.65. The van der Waals surface area contributed by atoms with Gasteiger partial charge >= 0.3 is 0 Å². The van der Waals surface area contributed by atoms with Crippen molar-refractivity contribution in [1.29, 1.82) is 0 Å². The molecule has 0 spiro atoms. The molecule has 2 rings (SSSR count). The van der Waals surface area contributed by atoms with E-state index in [0.29, 0.717) is 12.0 Å². The highest BCUT2D eigenvalue weighted by Gasteiger charge is 2.23. The van der Waals surface area contributed by atoms with Crippen molar-refractivity contribution in [2.45, 2.75) is 13.3 Å². The average molecular weight is 251 g/mol. The SMILES string of the molecule is CCc1c(-c2cc(F)ccc2[N+](=O)[O-])noc1N. The number of nitrogen functional groups attached to an aromatic ring is 1. The van der Waals surface area contributed by atoms with Gasteiger partial charge in [-0.1, -0.05) is 12.1 Å². The smallest absolute Gasteiger partial charge is 0.279 e. The summed E-state index contributed by atoms with van der Waals surface area (Å²) in [6.07, 6.45) is 0.484. The van der Waals surface area contributed by atoms with E-state index in [1.165, 1.54) is 0 Å². The van der Waals surface area contributed by atoms with Crippen molar-refractivity contribution in [2.24, 2.45) is 0 Å². The summed E-state index contributed by atoms with van der Waals surface area (Å²) in [4.78, 5) is 10.3. The zero-order valence-corrected chi connectivity index (χ0v) is 9.51. The van der Waals surface area contributed by atoms with Gasteiger partial charge in [0.05, 0.1) is 10.5 Å². The lowest BCUT2D eigenvalue weighted by atomic mass is 10.0. The van der Waals surface area contributed by atoms with Crippen LogP contribution < -0.4 is 5.73 Å². The van der Waals surface area contributed by atoms with E-state index in [2.05, 4.69) is 5.16 Å². The topological polar surface area (TPSA) is 95.2 Å². The van der Waals surface area contributed by atoms with Crippen LogP contribution in [0.15, 0.2) is 22.7 Å². The van der Waals surface area contributed by atoms with E-state index in [1.54, 1.807) is 6.92 Å². The fraction of sp³-hybridized carbons (Fsp3) is 0.182. The number of nitrogens with two attached hydrogens (primary N) is 1. The third kappa shape index (κ3) is 1.90. The van der Waals surface area contributed by atoms with Crippen LogP contribution in [0.4, 0.5) is 16.0 Å². The zero-order valence-electron chi connectivity index (χ0n) is 9.51. The molecule has 0 saturated heterocycles. The largest absolute Gasteiger partial charge is 0.367 e. The van der Waals surface area contributed by atoms with Gasteiger partial charge < -0.3 is 10.3 Å². The standard InChI is InChI=1S/C11H10FN3O3/c1-2-7-10(14-18-11(7)13)8-5-6(12)3-4-9(8)15(16)17/h3-5H,2,13H2,1H3. The lowest BCUT2D eigenvalue weighted by Gasteiger charge is -2.01. The van der Waals surface area contributed by atoms with Crippen LogP contribution in [-0.2, 0) is 6.42 Å². The molecule has 7 heteroatoms. The van der Waals surface area contributed by atoms with Gasteiger partial charge in [-0.3, -0.25) is 10.1 Å². The number of nitrogens with zero attached hydrogens (tertiary/aromatic N) is 2. The summed E-state index contributed by atoms with van der Waals surface area (Å²) < 4.78 is 18.0. The lowest BCUT2D eigenvalue weighted by Crippen LogP contribution is -1.96. The van der Waals surface area contributed by atoms with Gasteiger partial charge in [0.2, 0.25) is 5.88 Å². The summed E-state index contributed by atoms with van der Waals surface area (Å²) in [5.41, 5.74) is 6.13. The quantitative estimate of drug-likeness (QED) is 0.668. The van der Waals surface area contributed by atoms with E-state index in [0.717, 1.165) is 18.2 Å². The van der Waals surface area contributed by atoms with Crippen molar-refractivity contribution >= 4 is 11.6 Å². The minimum absolute atomic E-state index is 0.0669. The molecule has 0 fully saturated rings. The van der Waals surface area contributed by atoms with Crippen LogP contribution in [0.3, 0.4) is 0 Å². The minimum Gasteiger partial charge on any atom is -0.367 e. The highest BCUT2D eigenvalue weighted by molar-refractivity contribution is 5.75. The molecule has 0 atom stereocenters. The van der Waals surface area contributed by atoms with Crippen molar-refractivity contribution in [3.05, 3.63) is 39.7 Å². The van der Waals surface area contributed by atoms with Gasteiger partial charge in [-0.15, -0.1) is 0 Å². The van der Waals surface area contributed by atoms with E-state index in [4.69, 9.17) is 10.3 Å². The van der Waals surface area contributed by atoms with Gasteiger partial charge in [0.1, 0.15) is 11.5 Å². The molecule has 0 amide bonds. The van der Waals surface area contributed by atoms with Gasteiger partial charge in [0, 0.05) is 11.6 Å². The molecule has 2 aromatic rings. The van der Waals surface area contributed by atoms with Crippen molar-refractivity contribution in [1.82, 2.24) is 5.16 Å². The van der Waals surface area contributed by atoms with Crippen molar-refractivity contribution < 1.29 is 13.8 Å². The Morgan fingerprint density at radius 2 is 2.28 bits per heavy atom. The van der Waals surface area contributed by atoms with E-state index < -0.39 is 10.7 Å². The van der Waals surface area contributed by atoms with Gasteiger partial charge in [-0.05, 0) is 18.6 Å². The van der Waals surface area contributed by atoms with Crippen molar-refractivity contribution in [3.63, 3.8) is 0 Å². The normalized spacial score (nSPS) is 10.6. The first-order chi connectivity index (χ1) is 8.54. The number of nitro benzene ring substituents is 1. The minimum atomic E-state index is -0.598. The first-order valence-electron chi connectivity index (χ1n) is 5.23. The number of aromatic nitrogens is 1. The van der Waals surface area contributed by atoms with Crippen molar-refractivity contribution in [2.75, 3.05) is 5.73 Å². The fourth-order valence-electron chi connectivity index (χ4n) is 1.73. The average Bonchev–Trinajstić information content (AvgIpc) is 2.69. The molecule has 0 aliphatic heterocycles. The summed E-state index contributed by atoms with van der Waals surface area (Å²) in [6.45, 7) is 1.80. The Morgan fingerprint density at radius 3 is 2.89 bits per heavy atom. The highest BCUT2D eigenvalue weighted by Crippen LogP contribution is 2.34. The second-order valence-corrected chi connectivity index (χ2v) is 3.65. The number of hydrogen-bond donors (Lipinski definition) is 1. The second kappa shape index (κ2) is 4.44. The molecule has 0 aliphatic rings. The summed E-state index contributed by atoms with van der Waals surface area (Å²) in [5.74, 6) is -0.495. The molecule has 0 aliphatic carbocycles. The number of anilines is 1. The molecule has 0 unspecified atom stereocenters. The van der Waals surface area contributed by atoms with Gasteiger partial charge in [-0.2, -0.15) is 0 Å². The Kier molecular flexibility index (Phi) is 2.97. The van der Waals surface area contributed by atoms with Crippen LogP contribution in [0.1, 0.15) is 12.5 Å². The molecule has 1 heterocycles. The Bertz CT molecular complexity index is 610. The van der Waals surface area contributed by atoms with E-state index in [1.807, 2.05) is 0 Å². The fourth-order valence-corrected chi connectivity index (χ4v) is 1.73. The van der Waals surface area contributed by atoms with E-state index in [-0.39, 0.29) is 22.8 Å². The van der Waals surface area contributed by atoms with Crippen LogP contribution in [0.2, 0.25) is 0 Å². The van der Waals surface area contributed by atoms with E-state index in [9.17, 15) is 14.5 Å². The number of halogens is 1. The lowest BCUT2D eigenvalue weighted by molar-refractivity contribution is -0.384. The molecular formula is C11H10FN3O3. The Labute approximate surface area is 101 Å². The Morgan fingerprint density at radius 1 is 1.56 bits per heavy atom. The maximum atomic E-state index is 13.2. The monoisotopic (exact) mass is 251 g/mol. The third-order valence-corrected chi connectivity index (χ3v) is 2.58. The van der Waals surface area contributed by atoms with Crippen LogP contribution in [0.25, 0.3) is 11.3 Å². The molecule has 1 aromatic heterocycles. The van der Waals surface area contributed by atoms with Crippen LogP contribution >= 0.6 is 0 Å². The van der Waals surface area contributed by atoms with Crippen LogP contribution in [0, 0.1) is 15.9 Å².